The van der Waals surface area contributed by atoms with Crippen molar-refractivity contribution in [3.8, 4) is 5.75 Å². The quantitative estimate of drug-likeness (QED) is 0.308. The first kappa shape index (κ1) is 22.1. The van der Waals surface area contributed by atoms with Crippen LogP contribution in [0.5, 0.6) is 5.75 Å². The number of pyridine rings is 2. The Balaban J connectivity index is 1.85. The van der Waals surface area contributed by atoms with E-state index in [0.29, 0.717) is 33.8 Å². The number of hydrogen-bond acceptors (Lipinski definition) is 4. The number of anilines is 1. The van der Waals surface area contributed by atoms with Crippen LogP contribution in [0.3, 0.4) is 0 Å². The second kappa shape index (κ2) is 8.44. The Hall–Kier alpha value is -3.10. The van der Waals surface area contributed by atoms with Crippen molar-refractivity contribution in [3.05, 3.63) is 93.5 Å². The molecule has 0 fully saturated rings. The van der Waals surface area contributed by atoms with Crippen molar-refractivity contribution >= 4 is 39.9 Å². The van der Waals surface area contributed by atoms with E-state index in [-0.39, 0.29) is 16.3 Å². The molecule has 0 saturated carbocycles. The molecule has 0 amide bonds. The van der Waals surface area contributed by atoms with Gasteiger partial charge in [0.05, 0.1) is 11.6 Å². The number of nitrogens with zero attached hydrogens (tertiary/aromatic N) is 2. The average molecular weight is 482 g/mol. The summed E-state index contributed by atoms with van der Waals surface area (Å²) in [5.74, 6) is -1.86. The third kappa shape index (κ3) is 4.28. The van der Waals surface area contributed by atoms with E-state index in [1.165, 1.54) is 12.3 Å². The van der Waals surface area contributed by atoms with Gasteiger partial charge in [-0.05, 0) is 29.8 Å². The minimum absolute atomic E-state index is 0.195. The Kier molecular flexibility index (Phi) is 5.83. The van der Waals surface area contributed by atoms with Gasteiger partial charge in [-0.25, -0.2) is 9.37 Å². The predicted molar refractivity (Wildman–Crippen MR) is 115 cm³/mol. The molecule has 0 bridgehead atoms. The van der Waals surface area contributed by atoms with E-state index >= 15 is 0 Å². The molecule has 1 atom stereocenters. The van der Waals surface area contributed by atoms with Gasteiger partial charge in [0.1, 0.15) is 11.3 Å². The van der Waals surface area contributed by atoms with Crippen molar-refractivity contribution in [1.29, 1.82) is 0 Å². The normalized spacial score (nSPS) is 12.7. The molecule has 0 aliphatic carbocycles. The number of aromatic hydroxyl groups is 1. The van der Waals surface area contributed by atoms with Crippen LogP contribution in [0, 0.1) is 5.82 Å². The lowest BCUT2D eigenvalue weighted by molar-refractivity contribution is -0.138. The highest BCUT2D eigenvalue weighted by atomic mass is 35.5. The van der Waals surface area contributed by atoms with Gasteiger partial charge in [0.2, 0.25) is 0 Å². The van der Waals surface area contributed by atoms with Gasteiger partial charge in [0.25, 0.3) is 0 Å². The van der Waals surface area contributed by atoms with E-state index in [1.54, 1.807) is 36.4 Å². The Labute approximate surface area is 189 Å². The van der Waals surface area contributed by atoms with Crippen molar-refractivity contribution in [2.45, 2.75) is 12.2 Å². The zero-order valence-corrected chi connectivity index (χ0v) is 17.5. The van der Waals surface area contributed by atoms with Crippen LogP contribution in [0.15, 0.2) is 60.9 Å². The molecule has 2 aromatic heterocycles. The highest BCUT2D eigenvalue weighted by Crippen LogP contribution is 2.40. The van der Waals surface area contributed by atoms with Gasteiger partial charge in [-0.3, -0.25) is 4.98 Å². The van der Waals surface area contributed by atoms with Crippen LogP contribution < -0.4 is 5.32 Å². The number of nitrogens with one attached hydrogen (secondary N) is 1. The monoisotopic (exact) mass is 481 g/mol. The summed E-state index contributed by atoms with van der Waals surface area (Å²) in [5.41, 5.74) is -0.272. The molecule has 4 nitrogen and oxygen atoms in total. The van der Waals surface area contributed by atoms with Crippen molar-refractivity contribution in [2.75, 3.05) is 5.32 Å². The van der Waals surface area contributed by atoms with Gasteiger partial charge < -0.3 is 10.4 Å². The number of alkyl halides is 3. The van der Waals surface area contributed by atoms with Crippen LogP contribution in [-0.2, 0) is 6.18 Å². The minimum Gasteiger partial charge on any atom is -0.505 e. The van der Waals surface area contributed by atoms with Crippen LogP contribution in [-0.4, -0.2) is 15.1 Å². The van der Waals surface area contributed by atoms with Crippen LogP contribution in [0.1, 0.15) is 22.7 Å². The second-order valence-corrected chi connectivity index (χ2v) is 7.72. The summed E-state index contributed by atoms with van der Waals surface area (Å²) in [6.45, 7) is 0. The number of phenolic OH excluding ortho intramolecular Hbond substituents is 1. The number of halogens is 6. The number of phenols is 1. The Morgan fingerprint density at radius 1 is 0.969 bits per heavy atom. The number of aromatic nitrogens is 2. The Bertz CT molecular complexity index is 1310. The van der Waals surface area contributed by atoms with Gasteiger partial charge in [0.15, 0.2) is 11.6 Å². The summed E-state index contributed by atoms with van der Waals surface area (Å²) < 4.78 is 53.2. The maximum atomic E-state index is 14.5. The van der Waals surface area contributed by atoms with E-state index < -0.39 is 29.4 Å². The molecule has 0 radical (unpaired) electrons. The van der Waals surface area contributed by atoms with E-state index in [9.17, 15) is 22.7 Å². The van der Waals surface area contributed by atoms with Crippen molar-refractivity contribution in [3.63, 3.8) is 0 Å². The first-order chi connectivity index (χ1) is 15.1. The van der Waals surface area contributed by atoms with E-state index in [2.05, 4.69) is 15.3 Å². The molecule has 2 aromatic carbocycles. The third-order valence-electron chi connectivity index (χ3n) is 4.81. The largest absolute Gasteiger partial charge is 0.505 e. The lowest BCUT2D eigenvalue weighted by atomic mass is 9.96. The summed E-state index contributed by atoms with van der Waals surface area (Å²) in [5, 5.41) is 14.9. The number of fused-ring (bicyclic) bond motifs is 1. The molecule has 0 saturated heterocycles. The summed E-state index contributed by atoms with van der Waals surface area (Å²) in [7, 11) is 0. The summed E-state index contributed by atoms with van der Waals surface area (Å²) in [6, 6.07) is 10.7. The summed E-state index contributed by atoms with van der Waals surface area (Å²) in [6.07, 6.45) is -2.72. The van der Waals surface area contributed by atoms with E-state index in [0.717, 1.165) is 0 Å². The molecular weight excluding hydrogens is 469 g/mol. The molecule has 0 spiro atoms. The van der Waals surface area contributed by atoms with Gasteiger partial charge in [-0.15, -0.1) is 0 Å². The standard InChI is InChI=1S/C22H13Cl2F4N3O/c23-13-4-6-14(16(24)9-13)19(15-5-3-11-2-1-7-29-18(11)20(15)32)31-21-17(25)8-12(10-30-21)22(26,27)28/h1-10,19,32H,(H,30,31). The summed E-state index contributed by atoms with van der Waals surface area (Å²) >= 11 is 12.3. The fourth-order valence-corrected chi connectivity index (χ4v) is 3.79. The van der Waals surface area contributed by atoms with Crippen LogP contribution in [0.4, 0.5) is 23.4 Å². The van der Waals surface area contributed by atoms with Crippen LogP contribution in [0.2, 0.25) is 10.0 Å². The fourth-order valence-electron chi connectivity index (χ4n) is 3.27. The molecule has 164 valence electrons. The van der Waals surface area contributed by atoms with Gasteiger partial charge in [-0.2, -0.15) is 13.2 Å². The van der Waals surface area contributed by atoms with E-state index in [1.807, 2.05) is 0 Å². The number of rotatable bonds is 4. The average Bonchev–Trinajstić information content (AvgIpc) is 2.73. The minimum atomic E-state index is -4.74. The maximum Gasteiger partial charge on any atom is 0.417 e. The first-order valence-corrected chi connectivity index (χ1v) is 9.91. The van der Waals surface area contributed by atoms with E-state index in [4.69, 9.17) is 23.2 Å². The number of benzene rings is 2. The SMILES string of the molecule is Oc1c(C(Nc2ncc(C(F)(F)F)cc2F)c2ccc(Cl)cc2Cl)ccc2cccnc12. The van der Waals surface area contributed by atoms with Crippen LogP contribution >= 0.6 is 23.2 Å². The molecule has 32 heavy (non-hydrogen) atoms. The Morgan fingerprint density at radius 2 is 1.72 bits per heavy atom. The topological polar surface area (TPSA) is 58.0 Å². The maximum absolute atomic E-state index is 14.5. The zero-order chi connectivity index (χ0) is 23.0. The molecule has 4 rings (SSSR count). The smallest absolute Gasteiger partial charge is 0.417 e. The van der Waals surface area contributed by atoms with Gasteiger partial charge >= 0.3 is 6.18 Å². The molecule has 1 unspecified atom stereocenters. The highest BCUT2D eigenvalue weighted by molar-refractivity contribution is 6.35. The Morgan fingerprint density at radius 3 is 2.41 bits per heavy atom. The molecule has 2 heterocycles. The van der Waals surface area contributed by atoms with Crippen molar-refractivity contribution in [2.24, 2.45) is 0 Å². The predicted octanol–water partition coefficient (Wildman–Crippen LogP) is 7.00. The third-order valence-corrected chi connectivity index (χ3v) is 5.38. The van der Waals surface area contributed by atoms with Gasteiger partial charge in [-0.1, -0.05) is 47.5 Å². The fraction of sp³-hybridized carbons (Fsp3) is 0.0909. The summed E-state index contributed by atoms with van der Waals surface area (Å²) in [4.78, 5) is 7.77. The molecule has 0 aliphatic rings. The second-order valence-electron chi connectivity index (χ2n) is 6.87. The molecular formula is C22H13Cl2F4N3O. The number of hydrogen-bond donors (Lipinski definition) is 2. The lowest BCUT2D eigenvalue weighted by Crippen LogP contribution is -2.16. The molecule has 0 aliphatic heterocycles. The van der Waals surface area contributed by atoms with Crippen molar-refractivity contribution < 1.29 is 22.7 Å². The zero-order valence-electron chi connectivity index (χ0n) is 16.0. The van der Waals surface area contributed by atoms with Crippen LogP contribution in [0.25, 0.3) is 10.9 Å². The first-order valence-electron chi connectivity index (χ1n) is 9.16. The van der Waals surface area contributed by atoms with Crippen molar-refractivity contribution in [1.82, 2.24) is 9.97 Å². The lowest BCUT2D eigenvalue weighted by Gasteiger charge is -2.23. The molecule has 4 aromatic rings. The highest BCUT2D eigenvalue weighted by Gasteiger charge is 2.32. The van der Waals surface area contributed by atoms with Gasteiger partial charge in [0, 0.05) is 33.4 Å². The molecule has 2 N–H and O–H groups in total. The molecule has 10 heteroatoms.